The highest BCUT2D eigenvalue weighted by Gasteiger charge is 2.32. The highest BCUT2D eigenvalue weighted by Crippen LogP contribution is 2.40. The Morgan fingerprint density at radius 3 is 2.05 bits per heavy atom. The normalized spacial score (nSPS) is 11.4. The lowest BCUT2D eigenvalue weighted by molar-refractivity contribution is -0.146. The van der Waals surface area contributed by atoms with E-state index in [4.69, 9.17) is 14.2 Å². The molecule has 0 aromatic heterocycles. The highest BCUT2D eigenvalue weighted by atomic mass is 16.5. The van der Waals surface area contributed by atoms with Gasteiger partial charge in [0.25, 0.3) is 0 Å². The molecule has 7 heteroatoms. The summed E-state index contributed by atoms with van der Waals surface area (Å²) < 4.78 is 15.6. The van der Waals surface area contributed by atoms with Crippen LogP contribution in [0.15, 0.2) is 12.1 Å². The molecule has 0 radical (unpaired) electrons. The smallest absolute Gasteiger partial charge is 0.331 e. The second kappa shape index (κ2) is 7.37. The molecule has 0 aliphatic rings. The molecule has 1 N–H and O–H groups in total. The standard InChI is InChI=1S/C14H19NO6/c1-5-15(8-16)13(14(17)18)12-10(20-3)6-9(19-2)7-11(12)21-4/h6-8,13H,5H2,1-4H3,(H,17,18). The van der Waals surface area contributed by atoms with E-state index in [9.17, 15) is 14.7 Å². The van der Waals surface area contributed by atoms with Crippen LogP contribution in [0.2, 0.25) is 0 Å². The lowest BCUT2D eigenvalue weighted by atomic mass is 10.0. The van der Waals surface area contributed by atoms with E-state index in [0.29, 0.717) is 12.2 Å². The number of carboxylic acids is 1. The van der Waals surface area contributed by atoms with Crippen molar-refractivity contribution in [2.45, 2.75) is 13.0 Å². The van der Waals surface area contributed by atoms with E-state index < -0.39 is 12.0 Å². The van der Waals surface area contributed by atoms with Crippen LogP contribution >= 0.6 is 0 Å². The number of ether oxygens (including phenoxy) is 3. The van der Waals surface area contributed by atoms with Gasteiger partial charge in [0, 0.05) is 18.7 Å². The number of nitrogens with zero attached hydrogens (tertiary/aromatic N) is 1. The van der Waals surface area contributed by atoms with Crippen molar-refractivity contribution in [2.75, 3.05) is 27.9 Å². The van der Waals surface area contributed by atoms with Crippen LogP contribution in [0.3, 0.4) is 0 Å². The summed E-state index contributed by atoms with van der Waals surface area (Å²) in [4.78, 5) is 23.9. The van der Waals surface area contributed by atoms with E-state index in [-0.39, 0.29) is 23.6 Å². The number of benzene rings is 1. The van der Waals surface area contributed by atoms with Gasteiger partial charge in [-0.15, -0.1) is 0 Å². The Hall–Kier alpha value is -2.44. The fourth-order valence-electron chi connectivity index (χ4n) is 2.05. The predicted octanol–water partition coefficient (Wildman–Crippen LogP) is 1.32. The van der Waals surface area contributed by atoms with Gasteiger partial charge in [-0.3, -0.25) is 4.79 Å². The van der Waals surface area contributed by atoms with Crippen molar-refractivity contribution >= 4 is 12.4 Å². The van der Waals surface area contributed by atoms with Gasteiger partial charge in [-0.25, -0.2) is 4.79 Å². The number of carbonyl (C=O) groups excluding carboxylic acids is 1. The van der Waals surface area contributed by atoms with Crippen LogP contribution in [-0.4, -0.2) is 50.3 Å². The van der Waals surface area contributed by atoms with Gasteiger partial charge in [0.05, 0.1) is 26.9 Å². The summed E-state index contributed by atoms with van der Waals surface area (Å²) in [5, 5.41) is 9.48. The Bertz CT molecular complexity index is 491. The topological polar surface area (TPSA) is 85.3 Å². The second-order valence-corrected chi connectivity index (χ2v) is 4.12. The first-order valence-electron chi connectivity index (χ1n) is 6.27. The maximum absolute atomic E-state index is 11.6. The van der Waals surface area contributed by atoms with Crippen molar-refractivity contribution in [1.29, 1.82) is 0 Å². The van der Waals surface area contributed by atoms with Crippen LogP contribution in [0.1, 0.15) is 18.5 Å². The SMILES string of the molecule is CCN(C=O)C(C(=O)O)c1c(OC)cc(OC)cc1OC. The van der Waals surface area contributed by atoms with Crippen molar-refractivity contribution < 1.29 is 28.9 Å². The summed E-state index contributed by atoms with van der Waals surface area (Å²) in [7, 11) is 4.30. The van der Waals surface area contributed by atoms with E-state index in [1.54, 1.807) is 19.1 Å². The summed E-state index contributed by atoms with van der Waals surface area (Å²) in [6.07, 6.45) is 0.488. The number of hydrogen-bond donors (Lipinski definition) is 1. The molecule has 1 aromatic rings. The average molecular weight is 297 g/mol. The van der Waals surface area contributed by atoms with Crippen molar-refractivity contribution in [3.63, 3.8) is 0 Å². The van der Waals surface area contributed by atoms with Gasteiger partial charge in [-0.2, -0.15) is 0 Å². The van der Waals surface area contributed by atoms with Crippen molar-refractivity contribution in [3.8, 4) is 17.2 Å². The van der Waals surface area contributed by atoms with Gasteiger partial charge < -0.3 is 24.2 Å². The van der Waals surface area contributed by atoms with Gasteiger partial charge in [0.2, 0.25) is 6.41 Å². The Balaban J connectivity index is 3.55. The van der Waals surface area contributed by atoms with Crippen LogP contribution in [0.5, 0.6) is 17.2 Å². The number of carboxylic acid groups (broad SMARTS) is 1. The minimum absolute atomic E-state index is 0.235. The summed E-state index contributed by atoms with van der Waals surface area (Å²) in [5.74, 6) is -0.158. The molecule has 0 saturated heterocycles. The maximum Gasteiger partial charge on any atom is 0.331 e. The monoisotopic (exact) mass is 297 g/mol. The maximum atomic E-state index is 11.6. The third-order valence-corrected chi connectivity index (χ3v) is 3.09. The number of likely N-dealkylation sites (N-methyl/N-ethyl adjacent to an activating group) is 1. The average Bonchev–Trinajstić information content (AvgIpc) is 2.50. The predicted molar refractivity (Wildman–Crippen MR) is 74.9 cm³/mol. The molecule has 0 bridgehead atoms. The summed E-state index contributed by atoms with van der Waals surface area (Å²) in [6, 6.07) is 1.89. The fourth-order valence-corrected chi connectivity index (χ4v) is 2.05. The zero-order chi connectivity index (χ0) is 16.0. The van der Waals surface area contributed by atoms with E-state index >= 15 is 0 Å². The first-order valence-corrected chi connectivity index (χ1v) is 6.27. The van der Waals surface area contributed by atoms with E-state index in [1.165, 1.54) is 21.3 Å². The minimum atomic E-state index is -1.21. The Morgan fingerprint density at radius 1 is 1.24 bits per heavy atom. The number of methoxy groups -OCH3 is 3. The zero-order valence-electron chi connectivity index (χ0n) is 12.5. The molecular weight excluding hydrogens is 278 g/mol. The number of aliphatic carboxylic acids is 1. The van der Waals surface area contributed by atoms with Crippen LogP contribution in [0.4, 0.5) is 0 Å². The number of carbonyl (C=O) groups is 2. The Kier molecular flexibility index (Phi) is 5.83. The number of rotatable bonds is 8. The molecule has 1 amide bonds. The fraction of sp³-hybridized carbons (Fsp3) is 0.429. The van der Waals surface area contributed by atoms with Gasteiger partial charge in [-0.1, -0.05) is 0 Å². The molecule has 0 heterocycles. The van der Waals surface area contributed by atoms with Gasteiger partial charge in [-0.05, 0) is 6.92 Å². The van der Waals surface area contributed by atoms with Crippen molar-refractivity contribution in [3.05, 3.63) is 17.7 Å². The molecule has 0 aliphatic carbocycles. The lowest BCUT2D eigenvalue weighted by Crippen LogP contribution is -2.33. The van der Waals surface area contributed by atoms with Crippen molar-refractivity contribution in [1.82, 2.24) is 4.90 Å². The summed E-state index contributed by atoms with van der Waals surface area (Å²) in [5.41, 5.74) is 0.266. The van der Waals surface area contributed by atoms with Crippen molar-refractivity contribution in [2.24, 2.45) is 0 Å². The zero-order valence-corrected chi connectivity index (χ0v) is 12.5. The van der Waals surface area contributed by atoms with Crippen LogP contribution in [-0.2, 0) is 9.59 Å². The molecule has 21 heavy (non-hydrogen) atoms. The highest BCUT2D eigenvalue weighted by molar-refractivity contribution is 5.81. The number of amides is 1. The van der Waals surface area contributed by atoms with Gasteiger partial charge in [0.15, 0.2) is 6.04 Å². The van der Waals surface area contributed by atoms with E-state index in [1.807, 2.05) is 0 Å². The molecule has 0 fully saturated rings. The van der Waals surface area contributed by atoms with E-state index in [2.05, 4.69) is 0 Å². The minimum Gasteiger partial charge on any atom is -0.496 e. The third-order valence-electron chi connectivity index (χ3n) is 3.09. The van der Waals surface area contributed by atoms with Gasteiger partial charge >= 0.3 is 5.97 Å². The third kappa shape index (κ3) is 3.36. The molecule has 1 rings (SSSR count). The molecule has 1 aromatic carbocycles. The molecule has 0 aliphatic heterocycles. The van der Waals surface area contributed by atoms with Crippen LogP contribution < -0.4 is 14.2 Å². The Labute approximate surface area is 123 Å². The van der Waals surface area contributed by atoms with Crippen LogP contribution in [0.25, 0.3) is 0 Å². The molecule has 1 unspecified atom stereocenters. The van der Waals surface area contributed by atoms with Crippen LogP contribution in [0, 0.1) is 0 Å². The first-order chi connectivity index (χ1) is 10.0. The molecule has 116 valence electrons. The second-order valence-electron chi connectivity index (χ2n) is 4.12. The largest absolute Gasteiger partial charge is 0.496 e. The molecule has 0 saturated carbocycles. The first kappa shape index (κ1) is 16.6. The molecule has 7 nitrogen and oxygen atoms in total. The Morgan fingerprint density at radius 2 is 1.76 bits per heavy atom. The number of hydrogen-bond acceptors (Lipinski definition) is 5. The molecular formula is C14H19NO6. The van der Waals surface area contributed by atoms with E-state index in [0.717, 1.165) is 4.90 Å². The quantitative estimate of drug-likeness (QED) is 0.728. The summed E-state index contributed by atoms with van der Waals surface area (Å²) >= 11 is 0. The molecule has 0 spiro atoms. The molecule has 1 atom stereocenters. The lowest BCUT2D eigenvalue weighted by Gasteiger charge is -2.27. The summed E-state index contributed by atoms with van der Waals surface area (Å²) in [6.45, 7) is 1.92. The van der Waals surface area contributed by atoms with Gasteiger partial charge in [0.1, 0.15) is 17.2 Å².